The van der Waals surface area contributed by atoms with E-state index in [2.05, 4.69) is 5.32 Å². The van der Waals surface area contributed by atoms with Gasteiger partial charge in [-0.3, -0.25) is 9.59 Å². The van der Waals surface area contributed by atoms with Gasteiger partial charge in [-0.15, -0.1) is 0 Å². The van der Waals surface area contributed by atoms with Crippen LogP contribution in [0.2, 0.25) is 10.0 Å². The van der Waals surface area contributed by atoms with Gasteiger partial charge in [-0.1, -0.05) is 48.3 Å². The first kappa shape index (κ1) is 24.0. The van der Waals surface area contributed by atoms with E-state index in [4.69, 9.17) is 27.9 Å². The van der Waals surface area contributed by atoms with Gasteiger partial charge in [-0.2, -0.15) is 0 Å². The van der Waals surface area contributed by atoms with E-state index in [-0.39, 0.29) is 30.8 Å². The molecule has 0 spiro atoms. The van der Waals surface area contributed by atoms with E-state index in [1.54, 1.807) is 37.1 Å². The monoisotopic (exact) mass is 450 g/mol. The van der Waals surface area contributed by atoms with Gasteiger partial charge in [0.25, 0.3) is 0 Å². The van der Waals surface area contributed by atoms with Crippen LogP contribution in [-0.2, 0) is 22.6 Å². The van der Waals surface area contributed by atoms with Gasteiger partial charge in [-0.25, -0.2) is 0 Å². The molecule has 5 nitrogen and oxygen atoms in total. The van der Waals surface area contributed by atoms with Crippen molar-refractivity contribution >= 4 is 35.0 Å². The molecule has 0 heterocycles. The molecule has 0 radical (unpaired) electrons. The zero-order chi connectivity index (χ0) is 22.3. The third kappa shape index (κ3) is 6.38. The van der Waals surface area contributed by atoms with E-state index in [1.165, 1.54) is 0 Å². The maximum absolute atomic E-state index is 13.3. The van der Waals surface area contributed by atoms with Crippen LogP contribution in [0.4, 0.5) is 0 Å². The molecule has 30 heavy (non-hydrogen) atoms. The summed E-state index contributed by atoms with van der Waals surface area (Å²) in [7, 11) is 1.59. The van der Waals surface area contributed by atoms with Crippen molar-refractivity contribution in [3.63, 3.8) is 0 Å². The van der Waals surface area contributed by atoms with Crippen molar-refractivity contribution in [1.29, 1.82) is 0 Å². The molecule has 2 aromatic carbocycles. The number of nitrogens with zero attached hydrogens (tertiary/aromatic N) is 1. The number of amides is 2. The van der Waals surface area contributed by atoms with E-state index in [9.17, 15) is 9.59 Å². The number of benzene rings is 2. The van der Waals surface area contributed by atoms with Crippen LogP contribution in [0.3, 0.4) is 0 Å². The Morgan fingerprint density at radius 3 is 2.33 bits per heavy atom. The van der Waals surface area contributed by atoms with Gasteiger partial charge in [0.1, 0.15) is 11.8 Å². The highest BCUT2D eigenvalue weighted by Crippen LogP contribution is 2.26. The highest BCUT2D eigenvalue weighted by Gasteiger charge is 2.27. The topological polar surface area (TPSA) is 58.6 Å². The molecule has 2 aromatic rings. The van der Waals surface area contributed by atoms with E-state index in [0.29, 0.717) is 21.4 Å². The Morgan fingerprint density at radius 1 is 1.10 bits per heavy atom. The minimum atomic E-state index is -0.668. The summed E-state index contributed by atoms with van der Waals surface area (Å²) < 4.78 is 5.28. The number of methoxy groups -OCH3 is 1. The number of hydrogen-bond acceptors (Lipinski definition) is 3. The quantitative estimate of drug-likeness (QED) is 0.592. The van der Waals surface area contributed by atoms with Crippen molar-refractivity contribution in [3.8, 4) is 5.75 Å². The Kier molecular flexibility index (Phi) is 9.00. The molecule has 0 aliphatic heterocycles. The standard InChI is InChI=1S/C23H28Cl2N2O3/c1-5-15(2)26-23(29)16(3)27(14-17-8-6-9-18(12-17)30-4)22(28)13-19-20(24)10-7-11-21(19)25/h6-12,15-16H,5,13-14H2,1-4H3,(H,26,29)/t15-,16+/m0/s1. The SMILES string of the molecule is CC[C@H](C)NC(=O)[C@@H](C)N(Cc1cccc(OC)c1)C(=O)Cc1c(Cl)cccc1Cl. The van der Waals surface area contributed by atoms with Crippen molar-refractivity contribution in [2.75, 3.05) is 7.11 Å². The average Bonchev–Trinajstić information content (AvgIpc) is 2.74. The Hall–Kier alpha value is -2.24. The molecule has 2 atom stereocenters. The summed E-state index contributed by atoms with van der Waals surface area (Å²) in [5.74, 6) is 0.247. The number of nitrogens with one attached hydrogen (secondary N) is 1. The summed E-state index contributed by atoms with van der Waals surface area (Å²) in [6.07, 6.45) is 0.806. The lowest BCUT2D eigenvalue weighted by Gasteiger charge is -2.30. The summed E-state index contributed by atoms with van der Waals surface area (Å²) in [6, 6.07) is 11.9. The molecular weight excluding hydrogens is 423 g/mol. The van der Waals surface area contributed by atoms with Crippen molar-refractivity contribution in [2.45, 2.75) is 52.2 Å². The zero-order valence-electron chi connectivity index (χ0n) is 17.7. The van der Waals surface area contributed by atoms with E-state index in [0.717, 1.165) is 12.0 Å². The summed E-state index contributed by atoms with van der Waals surface area (Å²) in [5, 5.41) is 3.80. The van der Waals surface area contributed by atoms with E-state index < -0.39 is 6.04 Å². The first-order valence-corrected chi connectivity index (χ1v) is 10.7. The van der Waals surface area contributed by atoms with Gasteiger partial charge in [0.15, 0.2) is 0 Å². The number of hydrogen-bond donors (Lipinski definition) is 1. The van der Waals surface area contributed by atoms with Gasteiger partial charge < -0.3 is 15.0 Å². The first-order chi connectivity index (χ1) is 14.3. The molecule has 0 bridgehead atoms. The molecular formula is C23H28Cl2N2O3. The zero-order valence-corrected chi connectivity index (χ0v) is 19.3. The lowest BCUT2D eigenvalue weighted by atomic mass is 10.1. The van der Waals surface area contributed by atoms with Crippen LogP contribution in [0.1, 0.15) is 38.3 Å². The normalized spacial score (nSPS) is 12.7. The summed E-state index contributed by atoms with van der Waals surface area (Å²) >= 11 is 12.5. The van der Waals surface area contributed by atoms with Crippen LogP contribution in [-0.4, -0.2) is 35.9 Å². The van der Waals surface area contributed by atoms with Crippen molar-refractivity contribution < 1.29 is 14.3 Å². The lowest BCUT2D eigenvalue weighted by molar-refractivity contribution is -0.140. The fourth-order valence-electron chi connectivity index (χ4n) is 2.97. The molecule has 162 valence electrons. The largest absolute Gasteiger partial charge is 0.497 e. The fraction of sp³-hybridized carbons (Fsp3) is 0.391. The predicted octanol–water partition coefficient (Wildman–Crippen LogP) is 4.88. The third-order valence-electron chi connectivity index (χ3n) is 5.05. The maximum atomic E-state index is 13.3. The molecule has 0 aromatic heterocycles. The first-order valence-electron chi connectivity index (χ1n) is 9.92. The molecule has 2 amide bonds. The van der Waals surface area contributed by atoms with Crippen LogP contribution >= 0.6 is 23.2 Å². The van der Waals surface area contributed by atoms with Crippen LogP contribution in [0.15, 0.2) is 42.5 Å². The molecule has 7 heteroatoms. The van der Waals surface area contributed by atoms with Gasteiger partial charge in [-0.05, 0) is 55.7 Å². The molecule has 0 unspecified atom stereocenters. The Morgan fingerprint density at radius 2 is 1.73 bits per heavy atom. The van der Waals surface area contributed by atoms with Crippen LogP contribution in [0, 0.1) is 0 Å². The third-order valence-corrected chi connectivity index (χ3v) is 5.75. The molecule has 0 fully saturated rings. The predicted molar refractivity (Wildman–Crippen MR) is 121 cm³/mol. The van der Waals surface area contributed by atoms with Gasteiger partial charge in [0.05, 0.1) is 13.5 Å². The molecule has 0 saturated carbocycles. The van der Waals surface area contributed by atoms with E-state index in [1.807, 2.05) is 38.1 Å². The minimum absolute atomic E-state index is 0.00340. The fourth-order valence-corrected chi connectivity index (χ4v) is 3.50. The highest BCUT2D eigenvalue weighted by atomic mass is 35.5. The summed E-state index contributed by atoms with van der Waals surface area (Å²) in [4.78, 5) is 27.6. The molecule has 1 N–H and O–H groups in total. The highest BCUT2D eigenvalue weighted by molar-refractivity contribution is 6.36. The second-order valence-electron chi connectivity index (χ2n) is 7.24. The summed E-state index contributed by atoms with van der Waals surface area (Å²) in [5.41, 5.74) is 1.41. The Balaban J connectivity index is 2.31. The minimum Gasteiger partial charge on any atom is -0.497 e. The summed E-state index contributed by atoms with van der Waals surface area (Å²) in [6.45, 7) is 5.91. The van der Waals surface area contributed by atoms with Gasteiger partial charge in [0, 0.05) is 22.6 Å². The second kappa shape index (κ2) is 11.2. The van der Waals surface area contributed by atoms with Gasteiger partial charge >= 0.3 is 0 Å². The smallest absolute Gasteiger partial charge is 0.242 e. The van der Waals surface area contributed by atoms with Crippen LogP contribution in [0.25, 0.3) is 0 Å². The van der Waals surface area contributed by atoms with Crippen molar-refractivity contribution in [2.24, 2.45) is 0 Å². The van der Waals surface area contributed by atoms with Crippen LogP contribution in [0.5, 0.6) is 5.75 Å². The van der Waals surface area contributed by atoms with Crippen molar-refractivity contribution in [1.82, 2.24) is 10.2 Å². The average molecular weight is 451 g/mol. The number of halogens is 2. The van der Waals surface area contributed by atoms with E-state index >= 15 is 0 Å². The number of rotatable bonds is 9. The van der Waals surface area contributed by atoms with Gasteiger partial charge in [0.2, 0.25) is 11.8 Å². The Bertz CT molecular complexity index is 868. The number of ether oxygens (including phenoxy) is 1. The lowest BCUT2D eigenvalue weighted by Crippen LogP contribution is -2.49. The molecule has 0 saturated heterocycles. The maximum Gasteiger partial charge on any atom is 0.242 e. The second-order valence-corrected chi connectivity index (χ2v) is 8.06. The Labute approximate surface area is 188 Å². The molecule has 2 rings (SSSR count). The van der Waals surface area contributed by atoms with Crippen LogP contribution < -0.4 is 10.1 Å². The number of carbonyl (C=O) groups excluding carboxylic acids is 2. The van der Waals surface area contributed by atoms with Crippen molar-refractivity contribution in [3.05, 3.63) is 63.6 Å². The molecule has 0 aliphatic rings. The molecule has 0 aliphatic carbocycles. The number of carbonyl (C=O) groups is 2.